The topological polar surface area (TPSA) is 142 Å². The number of nitrogens with two attached hydrogens (primary N) is 1. The summed E-state index contributed by atoms with van der Waals surface area (Å²) in [6.07, 6.45) is 1.97. The average molecular weight is 521 g/mol. The number of fused-ring (bicyclic) bond motifs is 2. The van der Waals surface area contributed by atoms with E-state index in [1.54, 1.807) is 23.1 Å². The zero-order valence-electron chi connectivity index (χ0n) is 21.3. The summed E-state index contributed by atoms with van der Waals surface area (Å²) >= 11 is 0. The third-order valence-corrected chi connectivity index (χ3v) is 7.77. The van der Waals surface area contributed by atoms with Crippen LogP contribution in [0.5, 0.6) is 0 Å². The van der Waals surface area contributed by atoms with Crippen molar-refractivity contribution in [1.29, 1.82) is 0 Å². The number of anilines is 1. The van der Waals surface area contributed by atoms with Gasteiger partial charge in [0.05, 0.1) is 6.61 Å². The van der Waals surface area contributed by atoms with Gasteiger partial charge in [-0.2, -0.15) is 0 Å². The highest BCUT2D eigenvalue weighted by Crippen LogP contribution is 2.46. The minimum atomic E-state index is -1.48. The molecule has 3 atom stereocenters. The summed E-state index contributed by atoms with van der Waals surface area (Å²) in [5.74, 6) is -0.966. The van der Waals surface area contributed by atoms with Crippen LogP contribution in [0.2, 0.25) is 0 Å². The lowest BCUT2D eigenvalue weighted by Crippen LogP contribution is -2.47. The number of hydrogen-bond donors (Lipinski definition) is 3. The fourth-order valence-corrected chi connectivity index (χ4v) is 5.35. The molecule has 2 aliphatic carbocycles. The number of rotatable bonds is 9. The van der Waals surface area contributed by atoms with E-state index in [4.69, 9.17) is 15.6 Å². The Labute approximate surface area is 220 Å². The van der Waals surface area contributed by atoms with E-state index in [1.165, 1.54) is 0 Å². The van der Waals surface area contributed by atoms with Gasteiger partial charge in [-0.25, -0.2) is 9.69 Å². The molecule has 10 heteroatoms. The molecule has 4 amide bonds. The zero-order chi connectivity index (χ0) is 27.0. The van der Waals surface area contributed by atoms with Gasteiger partial charge in [-0.15, -0.1) is 0 Å². The molecule has 2 aromatic carbocycles. The molecule has 0 bridgehead atoms. The van der Waals surface area contributed by atoms with E-state index in [0.29, 0.717) is 30.1 Å². The molecule has 0 radical (unpaired) electrons. The van der Waals surface area contributed by atoms with Crippen LogP contribution in [-0.4, -0.2) is 64.0 Å². The largest absolute Gasteiger partial charge is 0.427 e. The van der Waals surface area contributed by atoms with Gasteiger partial charge in [0.25, 0.3) is 5.91 Å². The number of hydrogen-bond acceptors (Lipinski definition) is 7. The first-order valence-corrected chi connectivity index (χ1v) is 12.9. The van der Waals surface area contributed by atoms with Crippen molar-refractivity contribution in [2.75, 3.05) is 18.5 Å². The van der Waals surface area contributed by atoms with Crippen LogP contribution in [0, 0.1) is 5.92 Å². The Bertz CT molecular complexity index is 1260. The highest BCUT2D eigenvalue weighted by atomic mass is 16.6. The first-order valence-electron chi connectivity index (χ1n) is 12.9. The minimum Gasteiger partial charge on any atom is -0.427 e. The molecule has 1 aliphatic heterocycles. The fourth-order valence-electron chi connectivity index (χ4n) is 5.35. The normalized spacial score (nSPS) is 21.7. The predicted molar refractivity (Wildman–Crippen MR) is 138 cm³/mol. The molecule has 38 heavy (non-hydrogen) atoms. The lowest BCUT2D eigenvalue weighted by Gasteiger charge is -2.30. The molecular formula is C28H32N4O6. The number of ether oxygens (including phenoxy) is 1. The summed E-state index contributed by atoms with van der Waals surface area (Å²) in [5, 5.41) is 11.7. The van der Waals surface area contributed by atoms with Crippen molar-refractivity contribution < 1.29 is 29.0 Å². The molecule has 1 saturated carbocycles. The third kappa shape index (κ3) is 4.77. The summed E-state index contributed by atoms with van der Waals surface area (Å²) in [7, 11) is 0. The van der Waals surface area contributed by atoms with Gasteiger partial charge in [0.1, 0.15) is 12.6 Å². The van der Waals surface area contributed by atoms with Crippen molar-refractivity contribution >= 4 is 29.5 Å². The van der Waals surface area contributed by atoms with Crippen LogP contribution in [0.4, 0.5) is 10.5 Å². The van der Waals surface area contributed by atoms with Gasteiger partial charge in [-0.1, -0.05) is 36.4 Å². The van der Waals surface area contributed by atoms with Crippen LogP contribution in [-0.2, 0) is 37.7 Å². The molecule has 1 spiro atoms. The number of nitrogens with zero attached hydrogens (tertiary/aromatic N) is 2. The van der Waals surface area contributed by atoms with E-state index >= 15 is 0 Å². The van der Waals surface area contributed by atoms with Crippen LogP contribution < -0.4 is 11.1 Å². The maximum absolute atomic E-state index is 13.6. The number of imide groups is 1. The Balaban J connectivity index is 1.33. The van der Waals surface area contributed by atoms with E-state index in [0.717, 1.165) is 28.9 Å². The molecule has 4 N–H and O–H groups in total. The Morgan fingerprint density at radius 2 is 1.95 bits per heavy atom. The van der Waals surface area contributed by atoms with Crippen molar-refractivity contribution in [3.8, 4) is 0 Å². The first-order chi connectivity index (χ1) is 18.2. The van der Waals surface area contributed by atoms with Gasteiger partial charge >= 0.3 is 6.09 Å². The number of nitrogens with one attached hydrogen (secondary N) is 1. The summed E-state index contributed by atoms with van der Waals surface area (Å²) in [5.41, 5.74) is 6.82. The van der Waals surface area contributed by atoms with Gasteiger partial charge < -0.3 is 25.8 Å². The van der Waals surface area contributed by atoms with Gasteiger partial charge in [0.15, 0.2) is 0 Å². The highest BCUT2D eigenvalue weighted by molar-refractivity contribution is 6.06. The van der Waals surface area contributed by atoms with Gasteiger partial charge in [0, 0.05) is 30.3 Å². The summed E-state index contributed by atoms with van der Waals surface area (Å²) < 4.78 is 5.68. The van der Waals surface area contributed by atoms with Crippen molar-refractivity contribution in [2.24, 2.45) is 11.7 Å². The Morgan fingerprint density at radius 1 is 1.21 bits per heavy atom. The van der Waals surface area contributed by atoms with E-state index in [1.807, 2.05) is 37.3 Å². The lowest BCUT2D eigenvalue weighted by molar-refractivity contribution is -0.143. The van der Waals surface area contributed by atoms with Crippen molar-refractivity contribution in [3.05, 3.63) is 65.2 Å². The van der Waals surface area contributed by atoms with Gasteiger partial charge in [-0.05, 0) is 55.4 Å². The molecule has 1 heterocycles. The maximum atomic E-state index is 13.6. The molecule has 200 valence electrons. The third-order valence-electron chi connectivity index (χ3n) is 7.77. The Morgan fingerprint density at radius 3 is 2.63 bits per heavy atom. The molecule has 1 saturated heterocycles. The standard InChI is InChI=1S/C28H32N4O6/c1-17(19-7-8-19)31(14-18-5-3-2-4-6-18)24(34)15-32-26(36)28(38-27(32)37)12-11-20-13-21(9-10-22(20)28)30-25(35)23(29)16-33/h2-6,9-10,13,17,19,23,33H,7-8,11-12,14-16,29H2,1H3,(H,30,35)/t17-,23?,28-/m0/s1. The summed E-state index contributed by atoms with van der Waals surface area (Å²) in [6, 6.07) is 13.5. The van der Waals surface area contributed by atoms with Crippen LogP contribution in [0.1, 0.15) is 42.9 Å². The number of carbonyl (C=O) groups excluding carboxylic acids is 4. The van der Waals surface area contributed by atoms with Crippen LogP contribution in [0.3, 0.4) is 0 Å². The second kappa shape index (κ2) is 10.2. The fraction of sp³-hybridized carbons (Fsp3) is 0.429. The summed E-state index contributed by atoms with van der Waals surface area (Å²) in [6.45, 7) is 1.55. The zero-order valence-corrected chi connectivity index (χ0v) is 21.3. The van der Waals surface area contributed by atoms with Crippen molar-refractivity contribution in [1.82, 2.24) is 9.80 Å². The first kappa shape index (κ1) is 25.9. The van der Waals surface area contributed by atoms with E-state index in [9.17, 15) is 19.2 Å². The van der Waals surface area contributed by atoms with E-state index < -0.39 is 36.2 Å². The van der Waals surface area contributed by atoms with Crippen LogP contribution in [0.15, 0.2) is 48.5 Å². The highest BCUT2D eigenvalue weighted by Gasteiger charge is 2.58. The number of carbonyl (C=O) groups is 4. The lowest BCUT2D eigenvalue weighted by atomic mass is 9.94. The van der Waals surface area contributed by atoms with Gasteiger partial charge in [-0.3, -0.25) is 14.4 Å². The molecule has 1 unspecified atom stereocenters. The quantitative estimate of drug-likeness (QED) is 0.458. The Hall–Kier alpha value is -3.76. The molecule has 10 nitrogen and oxygen atoms in total. The average Bonchev–Trinajstić information content (AvgIpc) is 3.67. The maximum Gasteiger partial charge on any atom is 0.418 e. The van der Waals surface area contributed by atoms with Crippen molar-refractivity contribution in [3.63, 3.8) is 0 Å². The molecule has 0 aromatic heterocycles. The number of aliphatic hydroxyl groups is 1. The van der Waals surface area contributed by atoms with Crippen molar-refractivity contribution in [2.45, 2.75) is 56.8 Å². The van der Waals surface area contributed by atoms with E-state index in [-0.39, 0.29) is 24.9 Å². The monoisotopic (exact) mass is 520 g/mol. The predicted octanol–water partition coefficient (Wildman–Crippen LogP) is 1.89. The number of amides is 4. The minimum absolute atomic E-state index is 0.00909. The summed E-state index contributed by atoms with van der Waals surface area (Å²) in [4.78, 5) is 54.8. The second-order valence-corrected chi connectivity index (χ2v) is 10.3. The molecule has 5 rings (SSSR count). The van der Waals surface area contributed by atoms with Gasteiger partial charge in [0.2, 0.25) is 17.4 Å². The number of aliphatic hydroxyl groups excluding tert-OH is 1. The van der Waals surface area contributed by atoms with Crippen LogP contribution >= 0.6 is 0 Å². The SMILES string of the molecule is C[C@@H](C1CC1)N(Cc1ccccc1)C(=O)CN1C(=O)O[C@]2(CCc3cc(NC(=O)C(N)CO)ccc32)C1=O. The number of aryl methyl sites for hydroxylation is 1. The number of benzene rings is 2. The van der Waals surface area contributed by atoms with Crippen LogP contribution in [0.25, 0.3) is 0 Å². The molecule has 2 aromatic rings. The smallest absolute Gasteiger partial charge is 0.418 e. The molecule has 2 fully saturated rings. The second-order valence-electron chi connectivity index (χ2n) is 10.3. The molecule has 3 aliphatic rings. The Kier molecular flexibility index (Phi) is 6.93. The van der Waals surface area contributed by atoms with E-state index in [2.05, 4.69) is 5.32 Å². The molecular weight excluding hydrogens is 488 g/mol.